The summed E-state index contributed by atoms with van der Waals surface area (Å²) in [7, 11) is 6.21. The van der Waals surface area contributed by atoms with E-state index >= 15 is 0 Å². The van der Waals surface area contributed by atoms with Gasteiger partial charge in [-0.05, 0) is 105 Å². The van der Waals surface area contributed by atoms with Gasteiger partial charge in [0, 0.05) is 195 Å². The minimum absolute atomic E-state index is 0.0839. The summed E-state index contributed by atoms with van der Waals surface area (Å²) < 4.78 is 32.0. The van der Waals surface area contributed by atoms with Crippen LogP contribution in [0.15, 0.2) is 64.8 Å². The van der Waals surface area contributed by atoms with Gasteiger partial charge in [-0.2, -0.15) is 15.8 Å². The number of rotatable bonds is 21. The number of urea groups is 3. The van der Waals surface area contributed by atoms with Crippen LogP contribution in [0.25, 0.3) is 0 Å². The van der Waals surface area contributed by atoms with Gasteiger partial charge in [-0.1, -0.05) is 0 Å². The lowest BCUT2D eigenvalue weighted by atomic mass is 10.0. The summed E-state index contributed by atoms with van der Waals surface area (Å²) >= 11 is 3.10. The molecule has 9 amide bonds. The number of aryl methyl sites for hydroxylation is 3. The van der Waals surface area contributed by atoms with Gasteiger partial charge in [-0.3, -0.25) is 59.4 Å². The van der Waals surface area contributed by atoms with E-state index in [1.807, 2.05) is 18.2 Å². The highest BCUT2D eigenvalue weighted by Gasteiger charge is 2.38. The van der Waals surface area contributed by atoms with E-state index in [2.05, 4.69) is 69.0 Å². The van der Waals surface area contributed by atoms with Crippen LogP contribution in [0.5, 0.6) is 0 Å². The zero-order valence-electron chi connectivity index (χ0n) is 64.1. The maximum atomic E-state index is 13.4. The van der Waals surface area contributed by atoms with Crippen LogP contribution in [0, 0.1) is 34.0 Å². The lowest BCUT2D eigenvalue weighted by molar-refractivity contribution is -0.137. The molecular weight excluding hydrogens is 1520 g/mol. The first-order valence-electron chi connectivity index (χ1n) is 38.1. The molecular formula is C79H87N19O15S2. The second-order valence-electron chi connectivity index (χ2n) is 28.6. The van der Waals surface area contributed by atoms with Crippen LogP contribution < -0.4 is 35.6 Å². The molecule has 2 unspecified atom stereocenters. The number of anilines is 7. The SMILES string of the molecule is COC1CCN(Cc2cc3c(nc2C=O)N(C(=O)Nc2cc(S[C@@H]4CCOC4)c(C#N)cn2)CCC3)C1=O.COC1CCN(Cc2cc3c(nc2C=O)N(C(=O)Nc2cc(S[C@H]4CCOC4)c(C#N)cn2)CCC3)C1=O.CO[C@@H]1CCN(c2cc(NC(=O)N3CCCc4cc(CN5CC[C@H](OC)C5=O)c(C=O)nc43)ncc2C#N)C1. The minimum Gasteiger partial charge on any atom is -0.380 e. The quantitative estimate of drug-likeness (QED) is 0.0582. The number of hydrogen-bond acceptors (Lipinski definition) is 27. The summed E-state index contributed by atoms with van der Waals surface area (Å²) in [5.41, 5.74) is 7.07. The van der Waals surface area contributed by atoms with Crippen molar-refractivity contribution in [2.24, 2.45) is 0 Å². The average molecular weight is 1610 g/mol. The Bertz CT molecular complexity index is 4660. The molecule has 6 aromatic rings. The molecule has 15 heterocycles. The van der Waals surface area contributed by atoms with Crippen molar-refractivity contribution in [3.05, 3.63) is 122 Å². The maximum Gasteiger partial charge on any atom is 0.328 e. The number of pyridine rings is 6. The molecule has 600 valence electrons. The third-order valence-corrected chi connectivity index (χ3v) is 24.0. The summed E-state index contributed by atoms with van der Waals surface area (Å²) in [4.78, 5) is 153. The Kier molecular flexibility index (Phi) is 27.0. The Morgan fingerprint density at radius 3 is 1.17 bits per heavy atom. The van der Waals surface area contributed by atoms with Crippen LogP contribution in [0.1, 0.15) is 139 Å². The number of aldehydes is 3. The Morgan fingerprint density at radius 2 is 0.852 bits per heavy atom. The highest BCUT2D eigenvalue weighted by Crippen LogP contribution is 2.38. The summed E-state index contributed by atoms with van der Waals surface area (Å²) in [6.07, 6.45) is 13.8. The highest BCUT2D eigenvalue weighted by molar-refractivity contribution is 8.00. The molecule has 9 aliphatic heterocycles. The number of nitrogens with one attached hydrogen (secondary N) is 3. The van der Waals surface area contributed by atoms with Crippen LogP contribution in [-0.4, -0.2) is 241 Å². The van der Waals surface area contributed by atoms with E-state index in [4.69, 9.17) is 28.4 Å². The van der Waals surface area contributed by atoms with E-state index in [0.29, 0.717) is 210 Å². The van der Waals surface area contributed by atoms with Crippen LogP contribution in [0.2, 0.25) is 0 Å². The number of likely N-dealkylation sites (tertiary alicyclic amines) is 3. The normalized spacial score (nSPS) is 20.7. The number of hydrogen-bond donors (Lipinski definition) is 3. The number of ether oxygens (including phenoxy) is 6. The number of fused-ring (bicyclic) bond motifs is 3. The molecule has 6 atom stereocenters. The predicted molar refractivity (Wildman–Crippen MR) is 420 cm³/mol. The molecule has 0 saturated carbocycles. The summed E-state index contributed by atoms with van der Waals surface area (Å²) in [5.74, 6) is 1.94. The van der Waals surface area contributed by atoms with Crippen molar-refractivity contribution in [2.45, 2.75) is 141 Å². The van der Waals surface area contributed by atoms with Gasteiger partial charge in [0.25, 0.3) is 17.7 Å². The van der Waals surface area contributed by atoms with E-state index in [0.717, 1.165) is 65.1 Å². The number of nitrogens with zero attached hydrogens (tertiary/aromatic N) is 16. The molecule has 0 bridgehead atoms. The fourth-order valence-electron chi connectivity index (χ4n) is 15.3. The standard InChI is InChI=1S/C27H31N7O5.2C26H28N6O5S/c1-38-20-5-8-32(15-20)22-11-24(29-13-19(22)12-28)31-27(37)34-7-3-4-17-10-18(21(16-35)30-25(17)34)14-33-9-6-23(39-2)26(33)36;2*1-36-21-4-7-31(25(21)34)13-17-9-16-3-2-6-32(24(16)29-20(17)14-33)26(35)30-23-10-22(18(11-27)12-28-23)38-19-5-8-37-15-19/h10-11,13,16,20,23H,3-9,14-15H2,1-2H3,(H,29,31,37);2*9-10,12,14,19,21H,2-8,13,15H2,1H3,(H,28,30,35)/t20-,23+;2*19-,21?/m110/s1. The number of nitriles is 3. The molecule has 34 nitrogen and oxygen atoms in total. The van der Waals surface area contributed by atoms with Crippen LogP contribution in [-0.2, 0) is 81.7 Å². The van der Waals surface area contributed by atoms with Crippen molar-refractivity contribution in [1.82, 2.24) is 44.6 Å². The van der Waals surface area contributed by atoms with Gasteiger partial charge < -0.3 is 48.0 Å². The fraction of sp³-hybridized carbons (Fsp3) is 0.468. The number of carbonyl (C=O) groups is 9. The highest BCUT2D eigenvalue weighted by atomic mass is 32.2. The smallest absolute Gasteiger partial charge is 0.328 e. The van der Waals surface area contributed by atoms with Gasteiger partial charge in [-0.15, -0.1) is 23.5 Å². The first kappa shape index (κ1) is 81.9. The molecule has 0 spiro atoms. The number of aromatic nitrogens is 6. The van der Waals surface area contributed by atoms with E-state index < -0.39 is 36.4 Å². The molecule has 6 saturated heterocycles. The third-order valence-electron chi connectivity index (χ3n) is 21.4. The Labute approximate surface area is 671 Å². The number of carbonyl (C=O) groups excluding carboxylic acids is 9. The molecule has 36 heteroatoms. The molecule has 6 aromatic heterocycles. The largest absolute Gasteiger partial charge is 0.380 e. The first-order valence-corrected chi connectivity index (χ1v) is 39.8. The molecule has 15 rings (SSSR count). The summed E-state index contributed by atoms with van der Waals surface area (Å²) in [6, 6.07) is 16.0. The summed E-state index contributed by atoms with van der Waals surface area (Å²) in [6.45, 7) is 7.74. The van der Waals surface area contributed by atoms with E-state index in [-0.39, 0.29) is 71.0 Å². The lowest BCUT2D eigenvalue weighted by Crippen LogP contribution is -2.40. The zero-order chi connectivity index (χ0) is 80.8. The lowest BCUT2D eigenvalue weighted by Gasteiger charge is -2.29. The van der Waals surface area contributed by atoms with E-state index in [1.54, 1.807) is 63.5 Å². The molecule has 6 fully saturated rings. The Balaban J connectivity index is 0.000000150. The molecule has 3 N–H and O–H groups in total. The molecule has 0 radical (unpaired) electrons. The third kappa shape index (κ3) is 18.8. The van der Waals surface area contributed by atoms with Gasteiger partial charge in [0.1, 0.15) is 88.5 Å². The van der Waals surface area contributed by atoms with Crippen molar-refractivity contribution in [2.75, 3.05) is 143 Å². The maximum absolute atomic E-state index is 13.4. The van der Waals surface area contributed by atoms with Crippen molar-refractivity contribution < 1.29 is 71.6 Å². The Hall–Kier alpha value is -11.1. The topological polar surface area (TPSA) is 416 Å². The zero-order valence-corrected chi connectivity index (χ0v) is 65.7. The Morgan fingerprint density at radius 1 is 0.487 bits per heavy atom. The average Bonchev–Trinajstić information content (AvgIpc) is 1.61. The molecule has 0 aromatic carbocycles. The van der Waals surface area contributed by atoms with Crippen molar-refractivity contribution in [3.63, 3.8) is 0 Å². The molecule has 115 heavy (non-hydrogen) atoms. The van der Waals surface area contributed by atoms with Crippen molar-refractivity contribution in [1.29, 1.82) is 15.8 Å². The second kappa shape index (κ2) is 37.9. The predicted octanol–water partition coefficient (Wildman–Crippen LogP) is 7.67. The monoisotopic (exact) mass is 1610 g/mol. The minimum atomic E-state index is -0.460. The summed E-state index contributed by atoms with van der Waals surface area (Å²) in [5, 5.41) is 37.5. The molecule has 9 aliphatic rings. The van der Waals surface area contributed by atoms with Gasteiger partial charge in [0.15, 0.2) is 18.9 Å². The van der Waals surface area contributed by atoms with Gasteiger partial charge in [0.2, 0.25) is 0 Å². The fourth-order valence-corrected chi connectivity index (χ4v) is 17.6. The number of amides is 9. The molecule has 0 aliphatic carbocycles. The second-order valence-corrected chi connectivity index (χ2v) is 31.3. The van der Waals surface area contributed by atoms with E-state index in [1.165, 1.54) is 54.6 Å². The van der Waals surface area contributed by atoms with Gasteiger partial charge in [0.05, 0.1) is 41.7 Å². The van der Waals surface area contributed by atoms with Gasteiger partial charge >= 0.3 is 18.1 Å². The van der Waals surface area contributed by atoms with E-state index in [9.17, 15) is 58.9 Å². The van der Waals surface area contributed by atoms with Crippen LogP contribution in [0.3, 0.4) is 0 Å². The first-order chi connectivity index (χ1) is 55.9. The van der Waals surface area contributed by atoms with Crippen LogP contribution >= 0.6 is 23.5 Å². The van der Waals surface area contributed by atoms with Crippen LogP contribution in [0.4, 0.5) is 55.0 Å². The van der Waals surface area contributed by atoms with Gasteiger partial charge in [-0.25, -0.2) is 44.3 Å². The number of methoxy groups -OCH3 is 4. The van der Waals surface area contributed by atoms with Crippen molar-refractivity contribution in [3.8, 4) is 18.2 Å². The number of thioether (sulfide) groups is 2. The van der Waals surface area contributed by atoms with Crippen molar-refractivity contribution >= 4 is 119 Å².